The van der Waals surface area contributed by atoms with Crippen LogP contribution in [0.3, 0.4) is 0 Å². The Hall–Kier alpha value is -1.28. The van der Waals surface area contributed by atoms with Crippen molar-refractivity contribution < 1.29 is 4.42 Å². The Balaban J connectivity index is 2.02. The summed E-state index contributed by atoms with van der Waals surface area (Å²) in [5.74, 6) is 1.11. The first-order valence-corrected chi connectivity index (χ1v) is 7.86. The van der Waals surface area contributed by atoms with Crippen LogP contribution in [0.1, 0.15) is 56.4 Å². The summed E-state index contributed by atoms with van der Waals surface area (Å²) >= 11 is 0. The smallest absolute Gasteiger partial charge is 0.134 e. The third-order valence-electron chi connectivity index (χ3n) is 5.18. The van der Waals surface area contributed by atoms with Crippen LogP contribution in [0.25, 0.3) is 11.0 Å². The average Bonchev–Trinajstić information content (AvgIpc) is 3.06. The first-order valence-electron chi connectivity index (χ1n) is 7.86. The molecule has 0 spiro atoms. The Kier molecular flexibility index (Phi) is 3.59. The van der Waals surface area contributed by atoms with Crippen LogP contribution in [0.2, 0.25) is 0 Å². The van der Waals surface area contributed by atoms with E-state index in [4.69, 9.17) is 4.42 Å². The Morgan fingerprint density at radius 1 is 1.25 bits per heavy atom. The SMILES string of the molecule is CCC1(C(NC)c2cc3cc(C)ccc3o2)CCCC1. The van der Waals surface area contributed by atoms with Crippen LogP contribution in [0, 0.1) is 12.3 Å². The van der Waals surface area contributed by atoms with E-state index in [0.29, 0.717) is 11.5 Å². The molecule has 108 valence electrons. The Labute approximate surface area is 121 Å². The number of nitrogens with one attached hydrogen (secondary N) is 1. The van der Waals surface area contributed by atoms with Crippen LogP contribution >= 0.6 is 0 Å². The van der Waals surface area contributed by atoms with Crippen molar-refractivity contribution in [3.63, 3.8) is 0 Å². The monoisotopic (exact) mass is 271 g/mol. The van der Waals surface area contributed by atoms with Crippen molar-refractivity contribution >= 4 is 11.0 Å². The number of furan rings is 1. The van der Waals surface area contributed by atoms with Crippen molar-refractivity contribution in [3.05, 3.63) is 35.6 Å². The van der Waals surface area contributed by atoms with Gasteiger partial charge in [-0.05, 0) is 56.8 Å². The van der Waals surface area contributed by atoms with Crippen molar-refractivity contribution in [2.45, 2.75) is 52.0 Å². The van der Waals surface area contributed by atoms with Crippen LogP contribution in [0.15, 0.2) is 28.7 Å². The second kappa shape index (κ2) is 5.25. The normalized spacial score (nSPS) is 19.6. The molecule has 1 atom stereocenters. The molecule has 0 radical (unpaired) electrons. The van der Waals surface area contributed by atoms with Crippen LogP contribution in [0.5, 0.6) is 0 Å². The molecule has 1 heterocycles. The second-order valence-electron chi connectivity index (χ2n) is 6.33. The van der Waals surface area contributed by atoms with Gasteiger partial charge in [0.25, 0.3) is 0 Å². The number of benzene rings is 1. The van der Waals surface area contributed by atoms with Gasteiger partial charge in [0.05, 0.1) is 6.04 Å². The fourth-order valence-corrected chi connectivity index (χ4v) is 4.00. The fourth-order valence-electron chi connectivity index (χ4n) is 4.00. The van der Waals surface area contributed by atoms with Gasteiger partial charge in [0, 0.05) is 5.39 Å². The van der Waals surface area contributed by atoms with Gasteiger partial charge in [-0.15, -0.1) is 0 Å². The molecule has 1 aliphatic rings. The number of hydrogen-bond donors (Lipinski definition) is 1. The Morgan fingerprint density at radius 2 is 2.00 bits per heavy atom. The van der Waals surface area contributed by atoms with E-state index >= 15 is 0 Å². The van der Waals surface area contributed by atoms with Crippen LogP contribution in [0.4, 0.5) is 0 Å². The zero-order valence-corrected chi connectivity index (χ0v) is 12.8. The van der Waals surface area contributed by atoms with Gasteiger partial charge >= 0.3 is 0 Å². The Morgan fingerprint density at radius 3 is 2.65 bits per heavy atom. The molecule has 1 saturated carbocycles. The quantitative estimate of drug-likeness (QED) is 0.849. The molecule has 1 unspecified atom stereocenters. The average molecular weight is 271 g/mol. The molecule has 2 heteroatoms. The molecule has 1 N–H and O–H groups in total. The van der Waals surface area contributed by atoms with Gasteiger partial charge < -0.3 is 9.73 Å². The topological polar surface area (TPSA) is 25.2 Å². The highest BCUT2D eigenvalue weighted by molar-refractivity contribution is 5.78. The summed E-state index contributed by atoms with van der Waals surface area (Å²) in [6, 6.07) is 8.99. The summed E-state index contributed by atoms with van der Waals surface area (Å²) in [5, 5.41) is 4.76. The van der Waals surface area contributed by atoms with E-state index in [-0.39, 0.29) is 0 Å². The van der Waals surface area contributed by atoms with Crippen molar-refractivity contribution in [1.82, 2.24) is 5.32 Å². The van der Waals surface area contributed by atoms with Crippen LogP contribution < -0.4 is 5.32 Å². The maximum Gasteiger partial charge on any atom is 0.134 e. The summed E-state index contributed by atoms with van der Waals surface area (Å²) in [6.07, 6.45) is 6.54. The van der Waals surface area contributed by atoms with Gasteiger partial charge in [0.2, 0.25) is 0 Å². The predicted molar refractivity (Wildman–Crippen MR) is 83.9 cm³/mol. The van der Waals surface area contributed by atoms with E-state index in [1.807, 2.05) is 0 Å². The molecule has 0 aliphatic heterocycles. The molecular weight excluding hydrogens is 246 g/mol. The molecule has 3 rings (SSSR count). The minimum Gasteiger partial charge on any atom is -0.459 e. The number of aryl methyl sites for hydroxylation is 1. The van der Waals surface area contributed by atoms with Gasteiger partial charge in [-0.2, -0.15) is 0 Å². The summed E-state index contributed by atoms with van der Waals surface area (Å²) in [7, 11) is 2.07. The highest BCUT2D eigenvalue weighted by atomic mass is 16.3. The van der Waals surface area contributed by atoms with E-state index in [0.717, 1.165) is 11.3 Å². The number of rotatable bonds is 4. The van der Waals surface area contributed by atoms with Gasteiger partial charge in [-0.25, -0.2) is 0 Å². The van der Waals surface area contributed by atoms with E-state index in [9.17, 15) is 0 Å². The lowest BCUT2D eigenvalue weighted by Crippen LogP contribution is -2.33. The molecular formula is C18H25NO. The third-order valence-corrected chi connectivity index (χ3v) is 5.18. The lowest BCUT2D eigenvalue weighted by molar-refractivity contribution is 0.175. The molecule has 2 nitrogen and oxygen atoms in total. The standard InChI is InChI=1S/C18H25NO/c1-4-18(9-5-6-10-18)17(19-3)16-12-14-11-13(2)7-8-15(14)20-16/h7-8,11-12,17,19H,4-6,9-10H2,1-3H3. The van der Waals surface area contributed by atoms with Crippen LogP contribution in [-0.4, -0.2) is 7.05 Å². The van der Waals surface area contributed by atoms with Gasteiger partial charge in [0.15, 0.2) is 0 Å². The van der Waals surface area contributed by atoms with Crippen molar-refractivity contribution in [2.24, 2.45) is 5.41 Å². The van der Waals surface area contributed by atoms with E-state index in [1.54, 1.807) is 0 Å². The molecule has 0 saturated heterocycles. The highest BCUT2D eigenvalue weighted by Gasteiger charge is 2.41. The summed E-state index contributed by atoms with van der Waals surface area (Å²) in [6.45, 7) is 4.45. The zero-order chi connectivity index (χ0) is 14.2. The fraction of sp³-hybridized carbons (Fsp3) is 0.556. The van der Waals surface area contributed by atoms with E-state index in [1.165, 1.54) is 43.1 Å². The Bertz CT molecular complexity index is 592. The summed E-state index contributed by atoms with van der Waals surface area (Å²) in [5.41, 5.74) is 2.67. The maximum atomic E-state index is 6.15. The van der Waals surface area contributed by atoms with Crippen molar-refractivity contribution in [1.29, 1.82) is 0 Å². The maximum absolute atomic E-state index is 6.15. The summed E-state index contributed by atoms with van der Waals surface area (Å²) in [4.78, 5) is 0. The van der Waals surface area contributed by atoms with E-state index in [2.05, 4.69) is 50.5 Å². The highest BCUT2D eigenvalue weighted by Crippen LogP contribution is 2.50. The van der Waals surface area contributed by atoms with E-state index < -0.39 is 0 Å². The molecule has 20 heavy (non-hydrogen) atoms. The number of fused-ring (bicyclic) bond motifs is 1. The van der Waals surface area contributed by atoms with Gasteiger partial charge in [-0.1, -0.05) is 31.4 Å². The zero-order valence-electron chi connectivity index (χ0n) is 12.8. The first-order chi connectivity index (χ1) is 9.68. The molecule has 1 aromatic heterocycles. The third kappa shape index (κ3) is 2.16. The minimum absolute atomic E-state index is 0.336. The van der Waals surface area contributed by atoms with Gasteiger partial charge in [-0.3, -0.25) is 0 Å². The molecule has 1 aromatic carbocycles. The lowest BCUT2D eigenvalue weighted by atomic mass is 9.75. The molecule has 0 bridgehead atoms. The van der Waals surface area contributed by atoms with Crippen molar-refractivity contribution in [3.8, 4) is 0 Å². The van der Waals surface area contributed by atoms with Crippen LogP contribution in [-0.2, 0) is 0 Å². The lowest BCUT2D eigenvalue weighted by Gasteiger charge is -2.35. The largest absolute Gasteiger partial charge is 0.459 e. The van der Waals surface area contributed by atoms with Gasteiger partial charge in [0.1, 0.15) is 11.3 Å². The summed E-state index contributed by atoms with van der Waals surface area (Å²) < 4.78 is 6.15. The number of hydrogen-bond acceptors (Lipinski definition) is 2. The molecule has 0 amide bonds. The predicted octanol–water partition coefficient (Wildman–Crippen LogP) is 4.97. The molecule has 1 aliphatic carbocycles. The molecule has 2 aromatic rings. The van der Waals surface area contributed by atoms with Crippen molar-refractivity contribution in [2.75, 3.05) is 7.05 Å². The molecule has 1 fully saturated rings. The minimum atomic E-state index is 0.336. The second-order valence-corrected chi connectivity index (χ2v) is 6.33. The first kappa shape index (κ1) is 13.7.